The van der Waals surface area contributed by atoms with E-state index in [1.807, 2.05) is 36.4 Å². The predicted molar refractivity (Wildman–Crippen MR) is 168 cm³/mol. The van der Waals surface area contributed by atoms with Crippen LogP contribution in [-0.4, -0.2) is 55.0 Å². The first-order chi connectivity index (χ1) is 22.0. The van der Waals surface area contributed by atoms with E-state index in [1.54, 1.807) is 36.4 Å². The van der Waals surface area contributed by atoms with Crippen LogP contribution >= 0.6 is 0 Å². The van der Waals surface area contributed by atoms with Crippen molar-refractivity contribution in [3.8, 4) is 0 Å². The number of alkyl carbamates (subject to hydrolysis) is 1. The maximum atomic E-state index is 13.4. The highest BCUT2D eigenvalue weighted by molar-refractivity contribution is 7.89. The van der Waals surface area contributed by atoms with Crippen LogP contribution in [0.5, 0.6) is 0 Å². The van der Waals surface area contributed by atoms with E-state index >= 15 is 0 Å². The van der Waals surface area contributed by atoms with Crippen LogP contribution in [-0.2, 0) is 37.4 Å². The summed E-state index contributed by atoms with van der Waals surface area (Å²) in [6, 6.07) is 23.5. The summed E-state index contributed by atoms with van der Waals surface area (Å²) in [6.07, 6.45) is -0.941. The Kier molecular flexibility index (Phi) is 11.4. The molecule has 0 aromatic heterocycles. The average Bonchev–Trinajstić information content (AvgIpc) is 3.05. The van der Waals surface area contributed by atoms with Gasteiger partial charge in [-0.3, -0.25) is 14.9 Å². The fourth-order valence-corrected chi connectivity index (χ4v) is 6.08. The molecule has 0 aliphatic rings. The topological polar surface area (TPSA) is 194 Å². The van der Waals surface area contributed by atoms with Crippen molar-refractivity contribution in [3.63, 3.8) is 0 Å². The molecule has 0 fully saturated rings. The predicted octanol–water partition coefficient (Wildman–Crippen LogP) is 3.91. The lowest BCUT2D eigenvalue weighted by atomic mass is 10.0. The number of sulfonamides is 1. The number of aliphatic carboxylic acids is 1. The molecule has 240 valence electrons. The zero-order valence-electron chi connectivity index (χ0n) is 24.5. The Hall–Kier alpha value is -5.34. The highest BCUT2D eigenvalue weighted by Crippen LogP contribution is 2.23. The number of carbonyl (C=O) groups is 3. The van der Waals surface area contributed by atoms with Crippen LogP contribution in [0.2, 0.25) is 0 Å². The number of fused-ring (bicyclic) bond motifs is 1. The zero-order chi connectivity index (χ0) is 33.1. The van der Waals surface area contributed by atoms with Crippen molar-refractivity contribution < 1.29 is 37.6 Å². The van der Waals surface area contributed by atoms with Crippen molar-refractivity contribution in [2.75, 3.05) is 6.54 Å². The number of hydrogen-bond donors (Lipinski definition) is 4. The Morgan fingerprint density at radius 1 is 0.848 bits per heavy atom. The Morgan fingerprint density at radius 2 is 1.52 bits per heavy atom. The number of nitrogens with zero attached hydrogens (tertiary/aromatic N) is 1. The smallest absolute Gasteiger partial charge is 0.407 e. The third-order valence-corrected chi connectivity index (χ3v) is 8.50. The number of nitrogens with one attached hydrogen (secondary N) is 3. The number of carboxylic acid groups (broad SMARTS) is 1. The molecule has 2 atom stereocenters. The minimum atomic E-state index is -4.62. The molecule has 0 spiro atoms. The van der Waals surface area contributed by atoms with Gasteiger partial charge in [-0.2, -0.15) is 4.72 Å². The molecule has 0 bridgehead atoms. The summed E-state index contributed by atoms with van der Waals surface area (Å²) in [4.78, 5) is 47.7. The Balaban J connectivity index is 1.46. The number of para-hydroxylation sites is 1. The number of carboxylic acids is 1. The molecule has 4 rings (SSSR count). The Morgan fingerprint density at radius 3 is 2.24 bits per heavy atom. The second kappa shape index (κ2) is 15.6. The number of nitro groups is 1. The van der Waals surface area contributed by atoms with Crippen molar-refractivity contribution in [2.45, 2.75) is 42.8 Å². The molecule has 0 aliphatic heterocycles. The van der Waals surface area contributed by atoms with E-state index in [0.29, 0.717) is 5.56 Å². The minimum Gasteiger partial charge on any atom is -0.480 e. The van der Waals surface area contributed by atoms with Crippen molar-refractivity contribution >= 4 is 44.5 Å². The van der Waals surface area contributed by atoms with E-state index in [0.717, 1.165) is 28.5 Å². The zero-order valence-corrected chi connectivity index (χ0v) is 25.3. The lowest BCUT2D eigenvalue weighted by Gasteiger charge is -2.22. The average molecular weight is 649 g/mol. The largest absolute Gasteiger partial charge is 0.480 e. The van der Waals surface area contributed by atoms with E-state index in [1.165, 1.54) is 12.1 Å². The number of ether oxygens (including phenoxy) is 1. The maximum Gasteiger partial charge on any atom is 0.407 e. The quantitative estimate of drug-likeness (QED) is 0.0840. The van der Waals surface area contributed by atoms with Crippen LogP contribution in [0.15, 0.2) is 102 Å². The van der Waals surface area contributed by atoms with Gasteiger partial charge in [0.05, 0.1) is 4.92 Å². The summed E-state index contributed by atoms with van der Waals surface area (Å²) in [5, 5.41) is 28.1. The number of carbonyl (C=O) groups excluding carboxylic acids is 2. The summed E-state index contributed by atoms with van der Waals surface area (Å²) in [7, 11) is -4.62. The second-order valence-corrected chi connectivity index (χ2v) is 12.0. The summed E-state index contributed by atoms with van der Waals surface area (Å²) in [5.74, 6) is -2.30. The molecule has 2 unspecified atom stereocenters. The third-order valence-electron chi connectivity index (χ3n) is 6.99. The van der Waals surface area contributed by atoms with E-state index in [4.69, 9.17) is 4.74 Å². The molecule has 13 nitrogen and oxygen atoms in total. The van der Waals surface area contributed by atoms with Gasteiger partial charge < -0.3 is 20.5 Å². The van der Waals surface area contributed by atoms with Crippen molar-refractivity contribution in [2.24, 2.45) is 0 Å². The standard InChI is InChI=1S/C32H32N4O9S/c37-30(34-27(31(38)39)20-23-16-17-24-11-4-5-12-25(24)19-23)26(35-46(43,44)29-15-7-6-14-28(29)36(41)42)13-8-18-33-32(40)45-21-22-9-2-1-3-10-22/h1-7,9-12,14-17,19,26-27,35H,8,13,18,20-21H2,(H,33,40)(H,34,37)(H,38,39). The molecule has 0 radical (unpaired) electrons. The lowest BCUT2D eigenvalue weighted by molar-refractivity contribution is -0.387. The molecular formula is C32H32N4O9S. The molecule has 0 saturated carbocycles. The van der Waals surface area contributed by atoms with Gasteiger partial charge in [0.2, 0.25) is 15.9 Å². The number of benzene rings is 4. The fraction of sp³-hybridized carbons (Fsp3) is 0.219. The SMILES string of the molecule is O=C(NCCCC(NS(=O)(=O)c1ccccc1[N+](=O)[O-])C(=O)NC(Cc1ccc2ccccc2c1)C(=O)O)OCc1ccccc1. The molecule has 46 heavy (non-hydrogen) atoms. The number of nitro benzene ring substituents is 1. The first-order valence-corrected chi connectivity index (χ1v) is 15.7. The van der Waals surface area contributed by atoms with Crippen LogP contribution in [0, 0.1) is 10.1 Å². The minimum absolute atomic E-state index is 0.00986. The van der Waals surface area contributed by atoms with Crippen LogP contribution in [0.3, 0.4) is 0 Å². The van der Waals surface area contributed by atoms with Gasteiger partial charge in [0.15, 0.2) is 4.90 Å². The highest BCUT2D eigenvalue weighted by Gasteiger charge is 2.32. The molecule has 14 heteroatoms. The molecule has 2 amide bonds. The number of hydrogen-bond acceptors (Lipinski definition) is 8. The van der Waals surface area contributed by atoms with Gasteiger partial charge in [-0.1, -0.05) is 84.9 Å². The monoisotopic (exact) mass is 648 g/mol. The van der Waals surface area contributed by atoms with Crippen molar-refractivity contribution in [3.05, 3.63) is 118 Å². The van der Waals surface area contributed by atoms with Gasteiger partial charge in [-0.15, -0.1) is 0 Å². The van der Waals surface area contributed by atoms with Crippen LogP contribution in [0.1, 0.15) is 24.0 Å². The molecule has 4 aromatic rings. The van der Waals surface area contributed by atoms with Gasteiger partial charge in [0.1, 0.15) is 18.7 Å². The maximum absolute atomic E-state index is 13.4. The lowest BCUT2D eigenvalue weighted by Crippen LogP contribution is -2.52. The highest BCUT2D eigenvalue weighted by atomic mass is 32.2. The Labute approximate surface area is 264 Å². The summed E-state index contributed by atoms with van der Waals surface area (Å²) >= 11 is 0. The fourth-order valence-electron chi connectivity index (χ4n) is 4.67. The molecule has 4 aromatic carbocycles. The van der Waals surface area contributed by atoms with Gasteiger partial charge in [0.25, 0.3) is 5.69 Å². The number of rotatable bonds is 15. The van der Waals surface area contributed by atoms with E-state index in [-0.39, 0.29) is 32.4 Å². The van der Waals surface area contributed by atoms with E-state index in [2.05, 4.69) is 15.4 Å². The normalized spacial score (nSPS) is 12.5. The molecular weight excluding hydrogens is 616 g/mol. The van der Waals surface area contributed by atoms with Crippen LogP contribution in [0.4, 0.5) is 10.5 Å². The first-order valence-electron chi connectivity index (χ1n) is 14.2. The third kappa shape index (κ3) is 9.33. The molecule has 0 heterocycles. The molecule has 0 aliphatic carbocycles. The van der Waals surface area contributed by atoms with Crippen LogP contribution in [0.25, 0.3) is 10.8 Å². The van der Waals surface area contributed by atoms with Crippen molar-refractivity contribution in [1.29, 1.82) is 0 Å². The number of amides is 2. The van der Waals surface area contributed by atoms with E-state index in [9.17, 15) is 38.0 Å². The second-order valence-electron chi connectivity index (χ2n) is 10.3. The summed E-state index contributed by atoms with van der Waals surface area (Å²) in [5.41, 5.74) is 0.703. The summed E-state index contributed by atoms with van der Waals surface area (Å²) < 4.78 is 33.9. The van der Waals surface area contributed by atoms with Gasteiger partial charge in [-0.05, 0) is 40.8 Å². The van der Waals surface area contributed by atoms with Gasteiger partial charge >= 0.3 is 12.1 Å². The molecule has 0 saturated heterocycles. The van der Waals surface area contributed by atoms with E-state index < -0.39 is 55.6 Å². The Bertz CT molecular complexity index is 1820. The van der Waals surface area contributed by atoms with Crippen molar-refractivity contribution in [1.82, 2.24) is 15.4 Å². The summed E-state index contributed by atoms with van der Waals surface area (Å²) in [6.45, 7) is 0.0191. The molecule has 4 N–H and O–H groups in total. The van der Waals surface area contributed by atoms with Gasteiger partial charge in [-0.25, -0.2) is 18.0 Å². The van der Waals surface area contributed by atoms with Gasteiger partial charge in [0, 0.05) is 19.0 Å². The first kappa shape index (κ1) is 33.6. The van der Waals surface area contributed by atoms with Crippen LogP contribution < -0.4 is 15.4 Å².